The highest BCUT2D eigenvalue weighted by Crippen LogP contribution is 2.17. The van der Waals surface area contributed by atoms with Gasteiger partial charge in [-0.25, -0.2) is 0 Å². The normalized spacial score (nSPS) is 21.1. The Morgan fingerprint density at radius 1 is 1.62 bits per heavy atom. The minimum atomic E-state index is 0.654. The molecule has 1 aliphatic rings. The molecule has 2 nitrogen and oxygen atoms in total. The molecule has 0 fully saturated rings. The monoisotopic (exact) mass is 220 g/mol. The highest BCUT2D eigenvalue weighted by Gasteiger charge is 2.08. The summed E-state index contributed by atoms with van der Waals surface area (Å²) < 4.78 is 0. The fourth-order valence-corrected chi connectivity index (χ4v) is 2.01. The first-order valence-electron chi connectivity index (χ1n) is 6.15. The Kier molecular flexibility index (Phi) is 6.12. The molecule has 0 saturated heterocycles. The lowest BCUT2D eigenvalue weighted by molar-refractivity contribution is 0.563. The van der Waals surface area contributed by atoms with Crippen LogP contribution in [0.1, 0.15) is 26.7 Å². The Bertz CT molecular complexity index is 287. The van der Waals surface area contributed by atoms with Crippen molar-refractivity contribution in [2.24, 2.45) is 11.7 Å². The molecule has 16 heavy (non-hydrogen) atoms. The fourth-order valence-electron chi connectivity index (χ4n) is 2.01. The molecule has 0 spiro atoms. The first-order chi connectivity index (χ1) is 7.76. The van der Waals surface area contributed by atoms with Gasteiger partial charge in [0.25, 0.3) is 0 Å². The summed E-state index contributed by atoms with van der Waals surface area (Å²) >= 11 is 0. The van der Waals surface area contributed by atoms with Crippen molar-refractivity contribution in [1.82, 2.24) is 5.32 Å². The highest BCUT2D eigenvalue weighted by atomic mass is 14.9. The molecule has 0 bridgehead atoms. The van der Waals surface area contributed by atoms with Crippen LogP contribution >= 0.6 is 0 Å². The van der Waals surface area contributed by atoms with Crippen LogP contribution in [0.25, 0.3) is 0 Å². The topological polar surface area (TPSA) is 38.0 Å². The molecule has 1 aliphatic carbocycles. The molecular weight excluding hydrogens is 196 g/mol. The van der Waals surface area contributed by atoms with E-state index in [0.29, 0.717) is 5.92 Å². The number of hydrogen-bond donors (Lipinski definition) is 2. The number of rotatable bonds is 6. The van der Waals surface area contributed by atoms with Crippen molar-refractivity contribution in [3.8, 4) is 0 Å². The third-order valence-electron chi connectivity index (χ3n) is 2.98. The van der Waals surface area contributed by atoms with Crippen molar-refractivity contribution >= 4 is 0 Å². The van der Waals surface area contributed by atoms with E-state index >= 15 is 0 Å². The van der Waals surface area contributed by atoms with Gasteiger partial charge in [-0.3, -0.25) is 0 Å². The van der Waals surface area contributed by atoms with Crippen molar-refractivity contribution in [2.45, 2.75) is 26.7 Å². The molecule has 1 atom stereocenters. The van der Waals surface area contributed by atoms with Crippen LogP contribution in [0.2, 0.25) is 0 Å². The molecule has 1 rings (SSSR count). The Morgan fingerprint density at radius 2 is 2.44 bits per heavy atom. The van der Waals surface area contributed by atoms with Gasteiger partial charge in [0.15, 0.2) is 0 Å². The Balaban J connectivity index is 2.21. The van der Waals surface area contributed by atoms with Crippen molar-refractivity contribution in [3.63, 3.8) is 0 Å². The number of nitrogens with one attached hydrogen (secondary N) is 1. The van der Waals surface area contributed by atoms with Gasteiger partial charge >= 0.3 is 0 Å². The zero-order valence-electron chi connectivity index (χ0n) is 10.5. The molecule has 3 N–H and O–H groups in total. The lowest BCUT2D eigenvalue weighted by Crippen LogP contribution is -2.25. The minimum absolute atomic E-state index is 0.654. The SMILES string of the molecule is C/C=C(\CCN)CNCC1C=CC=C(C)C1. The molecule has 2 heteroatoms. The molecule has 90 valence electrons. The summed E-state index contributed by atoms with van der Waals surface area (Å²) in [7, 11) is 0. The van der Waals surface area contributed by atoms with Crippen LogP contribution in [0.15, 0.2) is 35.5 Å². The average Bonchev–Trinajstić information content (AvgIpc) is 2.28. The number of nitrogens with two attached hydrogens (primary N) is 1. The van der Waals surface area contributed by atoms with E-state index in [0.717, 1.165) is 26.1 Å². The van der Waals surface area contributed by atoms with Gasteiger partial charge in [-0.1, -0.05) is 35.5 Å². The molecule has 0 heterocycles. The summed E-state index contributed by atoms with van der Waals surface area (Å²) in [6, 6.07) is 0. The van der Waals surface area contributed by atoms with Crippen molar-refractivity contribution in [3.05, 3.63) is 35.5 Å². The van der Waals surface area contributed by atoms with Crippen LogP contribution < -0.4 is 11.1 Å². The van der Waals surface area contributed by atoms with Crippen molar-refractivity contribution in [1.29, 1.82) is 0 Å². The van der Waals surface area contributed by atoms with E-state index in [1.54, 1.807) is 0 Å². The molecule has 0 aromatic heterocycles. The Hall–Kier alpha value is -0.860. The summed E-state index contributed by atoms with van der Waals surface area (Å²) in [6.45, 7) is 7.05. The number of hydrogen-bond acceptors (Lipinski definition) is 2. The van der Waals surface area contributed by atoms with Crippen LogP contribution in [0.4, 0.5) is 0 Å². The zero-order valence-corrected chi connectivity index (χ0v) is 10.5. The quantitative estimate of drug-likeness (QED) is 0.675. The molecule has 0 saturated carbocycles. The summed E-state index contributed by atoms with van der Waals surface area (Å²) in [5, 5.41) is 3.51. The zero-order chi connectivity index (χ0) is 11.8. The molecule has 0 aromatic rings. The Morgan fingerprint density at radius 3 is 3.06 bits per heavy atom. The summed E-state index contributed by atoms with van der Waals surface area (Å²) in [5.74, 6) is 0.654. The van der Waals surface area contributed by atoms with Gasteiger partial charge in [0, 0.05) is 13.1 Å². The maximum atomic E-state index is 5.55. The lowest BCUT2D eigenvalue weighted by Gasteiger charge is -2.17. The molecule has 1 unspecified atom stereocenters. The van der Waals surface area contributed by atoms with Crippen LogP contribution in [-0.4, -0.2) is 19.6 Å². The van der Waals surface area contributed by atoms with Crippen molar-refractivity contribution < 1.29 is 0 Å². The lowest BCUT2D eigenvalue weighted by atomic mass is 9.95. The minimum Gasteiger partial charge on any atom is -0.330 e. The van der Waals surface area contributed by atoms with E-state index in [9.17, 15) is 0 Å². The van der Waals surface area contributed by atoms with E-state index in [1.165, 1.54) is 17.6 Å². The van der Waals surface area contributed by atoms with E-state index in [4.69, 9.17) is 5.73 Å². The van der Waals surface area contributed by atoms with Gasteiger partial charge in [0.2, 0.25) is 0 Å². The molecule has 0 aromatic carbocycles. The molecule has 0 amide bonds. The van der Waals surface area contributed by atoms with Crippen LogP contribution in [0.5, 0.6) is 0 Å². The van der Waals surface area contributed by atoms with E-state index in [2.05, 4.69) is 43.5 Å². The van der Waals surface area contributed by atoms with Gasteiger partial charge < -0.3 is 11.1 Å². The second kappa shape index (κ2) is 7.42. The van der Waals surface area contributed by atoms with Gasteiger partial charge in [-0.2, -0.15) is 0 Å². The first kappa shape index (κ1) is 13.2. The summed E-state index contributed by atoms with van der Waals surface area (Å²) in [6.07, 6.45) is 11.0. The fraction of sp³-hybridized carbons (Fsp3) is 0.571. The van der Waals surface area contributed by atoms with E-state index < -0.39 is 0 Å². The second-order valence-electron chi connectivity index (χ2n) is 4.48. The van der Waals surface area contributed by atoms with E-state index in [1.807, 2.05) is 0 Å². The standard InChI is InChI=1S/C14H24N2/c1-3-13(7-8-15)10-16-11-14-6-4-5-12(2)9-14/h3-6,14,16H,7-11,15H2,1-2H3/b13-3+. The van der Waals surface area contributed by atoms with Gasteiger partial charge in [0.05, 0.1) is 0 Å². The second-order valence-corrected chi connectivity index (χ2v) is 4.48. The largest absolute Gasteiger partial charge is 0.330 e. The van der Waals surface area contributed by atoms with E-state index in [-0.39, 0.29) is 0 Å². The smallest absolute Gasteiger partial charge is 0.0165 e. The van der Waals surface area contributed by atoms with Crippen molar-refractivity contribution in [2.75, 3.05) is 19.6 Å². The van der Waals surface area contributed by atoms with Crippen LogP contribution in [0.3, 0.4) is 0 Å². The number of allylic oxidation sites excluding steroid dienone is 4. The third-order valence-corrected chi connectivity index (χ3v) is 2.98. The average molecular weight is 220 g/mol. The van der Waals surface area contributed by atoms with Gasteiger partial charge in [0.1, 0.15) is 0 Å². The predicted octanol–water partition coefficient (Wildman–Crippen LogP) is 2.39. The van der Waals surface area contributed by atoms with Crippen LogP contribution in [0, 0.1) is 5.92 Å². The third kappa shape index (κ3) is 4.77. The Labute approximate surface area is 99.3 Å². The molecular formula is C14H24N2. The van der Waals surface area contributed by atoms with Gasteiger partial charge in [-0.05, 0) is 39.2 Å². The summed E-state index contributed by atoms with van der Waals surface area (Å²) in [5.41, 5.74) is 8.44. The molecule has 0 radical (unpaired) electrons. The summed E-state index contributed by atoms with van der Waals surface area (Å²) in [4.78, 5) is 0. The molecule has 0 aliphatic heterocycles. The maximum absolute atomic E-state index is 5.55. The highest BCUT2D eigenvalue weighted by molar-refractivity contribution is 5.18. The predicted molar refractivity (Wildman–Crippen MR) is 71.3 cm³/mol. The maximum Gasteiger partial charge on any atom is 0.0165 e. The van der Waals surface area contributed by atoms with Gasteiger partial charge in [-0.15, -0.1) is 0 Å². The first-order valence-corrected chi connectivity index (χ1v) is 6.15. The van der Waals surface area contributed by atoms with Crippen LogP contribution in [-0.2, 0) is 0 Å².